The second-order valence-electron chi connectivity index (χ2n) is 7.24. The molecule has 1 unspecified atom stereocenters. The Morgan fingerprint density at radius 2 is 2.03 bits per heavy atom. The van der Waals surface area contributed by atoms with E-state index in [4.69, 9.17) is 11.6 Å². The molecule has 6 nitrogen and oxygen atoms in total. The molecule has 156 valence electrons. The summed E-state index contributed by atoms with van der Waals surface area (Å²) in [4.78, 5) is 17.1. The van der Waals surface area contributed by atoms with Crippen LogP contribution in [0.3, 0.4) is 0 Å². The van der Waals surface area contributed by atoms with Crippen molar-refractivity contribution in [2.75, 3.05) is 24.2 Å². The number of halogens is 2. The van der Waals surface area contributed by atoms with Crippen molar-refractivity contribution in [2.45, 2.75) is 12.2 Å². The van der Waals surface area contributed by atoms with Gasteiger partial charge in [0.05, 0.1) is 16.5 Å². The molecule has 1 aliphatic heterocycles. The van der Waals surface area contributed by atoms with Crippen molar-refractivity contribution in [2.24, 2.45) is 0 Å². The van der Waals surface area contributed by atoms with Gasteiger partial charge in [0.2, 0.25) is 6.41 Å². The van der Waals surface area contributed by atoms with Crippen LogP contribution in [0.5, 0.6) is 0 Å². The number of aromatic nitrogens is 1. The minimum atomic E-state index is -3.45. The molecule has 30 heavy (non-hydrogen) atoms. The van der Waals surface area contributed by atoms with Gasteiger partial charge in [-0.15, -0.1) is 0 Å². The highest BCUT2D eigenvalue weighted by molar-refractivity contribution is 7.91. The Bertz CT molecular complexity index is 1250. The number of benzene rings is 2. The van der Waals surface area contributed by atoms with Crippen molar-refractivity contribution < 1.29 is 17.6 Å². The van der Waals surface area contributed by atoms with Crippen molar-refractivity contribution in [1.29, 1.82) is 0 Å². The number of nitrogens with zero attached hydrogens (tertiary/aromatic N) is 2. The van der Waals surface area contributed by atoms with Crippen LogP contribution in [0.4, 0.5) is 15.9 Å². The number of nitrogens with one attached hydrogen (secondary N) is 1. The molecule has 1 amide bonds. The van der Waals surface area contributed by atoms with Crippen LogP contribution in [0.1, 0.15) is 16.4 Å². The number of anilines is 2. The second-order valence-corrected chi connectivity index (χ2v) is 9.95. The quantitative estimate of drug-likeness (QED) is 0.611. The Balaban J connectivity index is 1.87. The van der Waals surface area contributed by atoms with Crippen LogP contribution in [0.15, 0.2) is 42.6 Å². The maximum Gasteiger partial charge on any atom is 0.209 e. The Labute approximate surface area is 178 Å². The van der Waals surface area contributed by atoms with Crippen LogP contribution in [-0.2, 0) is 14.6 Å². The summed E-state index contributed by atoms with van der Waals surface area (Å²) in [7, 11) is -3.45. The van der Waals surface area contributed by atoms with E-state index < -0.39 is 20.9 Å². The number of hydrogen-bond donors (Lipinski definition) is 1. The molecule has 2 aromatic carbocycles. The Morgan fingerprint density at radius 3 is 2.80 bits per heavy atom. The Kier molecular flexibility index (Phi) is 5.38. The average molecular weight is 448 g/mol. The fourth-order valence-electron chi connectivity index (χ4n) is 3.78. The smallest absolute Gasteiger partial charge is 0.209 e. The molecule has 2 heterocycles. The Hall–Kier alpha value is -2.71. The van der Waals surface area contributed by atoms with Crippen molar-refractivity contribution >= 4 is 50.1 Å². The maximum atomic E-state index is 14.4. The van der Waals surface area contributed by atoms with E-state index in [0.717, 1.165) is 10.9 Å². The molecular weight excluding hydrogens is 429 g/mol. The van der Waals surface area contributed by atoms with Gasteiger partial charge in [-0.1, -0.05) is 35.9 Å². The number of aryl methyl sites for hydroxylation is 1. The predicted molar refractivity (Wildman–Crippen MR) is 115 cm³/mol. The molecule has 1 saturated heterocycles. The summed E-state index contributed by atoms with van der Waals surface area (Å²) in [6.45, 7) is 2.13. The molecule has 1 atom stereocenters. The van der Waals surface area contributed by atoms with E-state index in [-0.39, 0.29) is 29.6 Å². The van der Waals surface area contributed by atoms with Gasteiger partial charge >= 0.3 is 0 Å². The highest BCUT2D eigenvalue weighted by Crippen LogP contribution is 2.37. The first-order chi connectivity index (χ1) is 14.3. The van der Waals surface area contributed by atoms with Gasteiger partial charge in [0.25, 0.3) is 0 Å². The zero-order valence-corrected chi connectivity index (χ0v) is 17.7. The molecule has 1 N–H and O–H groups in total. The van der Waals surface area contributed by atoms with Crippen LogP contribution < -0.4 is 5.32 Å². The van der Waals surface area contributed by atoms with Crippen molar-refractivity contribution in [3.63, 3.8) is 0 Å². The third-order valence-corrected chi connectivity index (χ3v) is 7.66. The number of hydrogen-bond acceptors (Lipinski definition) is 5. The van der Waals surface area contributed by atoms with Gasteiger partial charge in [-0.05, 0) is 35.6 Å². The SMILES string of the molecule is Cc1cccc2c(Nc3cccc(Cl)c3F)ncc(C3CN(C=O)CCS3(=O)=O)c12. The van der Waals surface area contributed by atoms with E-state index >= 15 is 0 Å². The number of carbonyl (C=O) groups excluding carboxylic acids is 1. The number of pyridine rings is 1. The van der Waals surface area contributed by atoms with Crippen LogP contribution in [-0.4, -0.2) is 43.6 Å². The number of carbonyl (C=O) groups is 1. The molecule has 4 rings (SSSR count). The molecule has 1 aromatic heterocycles. The molecule has 1 aliphatic rings. The monoisotopic (exact) mass is 447 g/mol. The van der Waals surface area contributed by atoms with E-state index in [1.807, 2.05) is 19.1 Å². The summed E-state index contributed by atoms with van der Waals surface area (Å²) in [6.07, 6.45) is 2.17. The van der Waals surface area contributed by atoms with Crippen LogP contribution in [0, 0.1) is 12.7 Å². The summed E-state index contributed by atoms with van der Waals surface area (Å²) in [5, 5.41) is 3.46. The summed E-state index contributed by atoms with van der Waals surface area (Å²) in [5.74, 6) is -0.307. The van der Waals surface area contributed by atoms with E-state index in [9.17, 15) is 17.6 Å². The summed E-state index contributed by atoms with van der Waals surface area (Å²) < 4.78 is 40.0. The number of amides is 1. The maximum absolute atomic E-state index is 14.4. The third kappa shape index (κ3) is 3.61. The lowest BCUT2D eigenvalue weighted by molar-refractivity contribution is -0.118. The zero-order chi connectivity index (χ0) is 21.5. The van der Waals surface area contributed by atoms with Crippen molar-refractivity contribution in [1.82, 2.24) is 9.88 Å². The normalized spacial score (nSPS) is 18.4. The number of fused-ring (bicyclic) bond motifs is 1. The van der Waals surface area contributed by atoms with Gasteiger partial charge in [-0.25, -0.2) is 17.8 Å². The largest absolute Gasteiger partial charge is 0.343 e. The first-order valence-corrected chi connectivity index (χ1v) is 11.4. The van der Waals surface area contributed by atoms with E-state index in [1.54, 1.807) is 18.2 Å². The summed E-state index contributed by atoms with van der Waals surface area (Å²) >= 11 is 5.87. The van der Waals surface area contributed by atoms with Gasteiger partial charge in [0.15, 0.2) is 15.7 Å². The molecule has 0 aliphatic carbocycles. The highest BCUT2D eigenvalue weighted by atomic mass is 35.5. The molecule has 1 fully saturated rings. The Morgan fingerprint density at radius 1 is 1.27 bits per heavy atom. The first kappa shape index (κ1) is 20.6. The molecule has 0 spiro atoms. The molecule has 0 saturated carbocycles. The molecular formula is C21H19ClFN3O3S. The van der Waals surface area contributed by atoms with Crippen LogP contribution in [0.25, 0.3) is 10.8 Å². The van der Waals surface area contributed by atoms with Gasteiger partial charge in [-0.2, -0.15) is 0 Å². The van der Waals surface area contributed by atoms with E-state index in [2.05, 4.69) is 10.3 Å². The fraction of sp³-hybridized carbons (Fsp3) is 0.238. The summed E-state index contributed by atoms with van der Waals surface area (Å²) in [6, 6.07) is 10.1. The standard InChI is InChI=1S/C21H19ClFN3O3S/c1-13-4-2-5-14-19(13)15(18-11-26(12-27)8-9-30(18,28)29)10-24-21(14)25-17-7-3-6-16(22)20(17)23/h2-7,10,12,18H,8-9,11H2,1H3,(H,24,25). The van der Waals surface area contributed by atoms with Crippen molar-refractivity contribution in [3.05, 3.63) is 64.6 Å². The lowest BCUT2D eigenvalue weighted by Gasteiger charge is -2.31. The van der Waals surface area contributed by atoms with Crippen molar-refractivity contribution in [3.8, 4) is 0 Å². The number of sulfone groups is 1. The van der Waals surface area contributed by atoms with Crippen LogP contribution >= 0.6 is 11.6 Å². The molecule has 0 bridgehead atoms. The predicted octanol–water partition coefficient (Wildman–Crippen LogP) is 4.01. The minimum Gasteiger partial charge on any atom is -0.343 e. The van der Waals surface area contributed by atoms with Gasteiger partial charge < -0.3 is 10.2 Å². The van der Waals surface area contributed by atoms with Gasteiger partial charge in [-0.3, -0.25) is 4.79 Å². The fourth-order valence-corrected chi connectivity index (χ4v) is 5.71. The average Bonchev–Trinajstić information content (AvgIpc) is 2.72. The first-order valence-electron chi connectivity index (χ1n) is 9.32. The van der Waals surface area contributed by atoms with Gasteiger partial charge in [0, 0.05) is 24.7 Å². The lowest BCUT2D eigenvalue weighted by atomic mass is 9.99. The molecule has 3 aromatic rings. The van der Waals surface area contributed by atoms with Gasteiger partial charge in [0.1, 0.15) is 11.1 Å². The lowest BCUT2D eigenvalue weighted by Crippen LogP contribution is -2.41. The molecule has 0 radical (unpaired) electrons. The van der Waals surface area contributed by atoms with E-state index in [0.29, 0.717) is 23.2 Å². The highest BCUT2D eigenvalue weighted by Gasteiger charge is 2.35. The van der Waals surface area contributed by atoms with E-state index in [1.165, 1.54) is 17.2 Å². The number of rotatable bonds is 4. The molecule has 9 heteroatoms. The third-order valence-electron chi connectivity index (χ3n) is 5.35. The minimum absolute atomic E-state index is 0.0145. The second kappa shape index (κ2) is 7.85. The summed E-state index contributed by atoms with van der Waals surface area (Å²) in [5.41, 5.74) is 1.56. The topological polar surface area (TPSA) is 79.4 Å². The van der Waals surface area contributed by atoms with Crippen LogP contribution in [0.2, 0.25) is 5.02 Å². The zero-order valence-electron chi connectivity index (χ0n) is 16.1.